The Hall–Kier alpha value is -4.16. The Balaban J connectivity index is 1.24. The number of hydrogen-bond acceptors (Lipinski definition) is 5. The lowest BCUT2D eigenvalue weighted by atomic mass is 9.94. The first-order valence-electron chi connectivity index (χ1n) is 15.1. The molecule has 3 heterocycles. The maximum Gasteiger partial charge on any atom is 0.156 e. The van der Waals surface area contributed by atoms with Gasteiger partial charge in [-0.2, -0.15) is 0 Å². The lowest BCUT2D eigenvalue weighted by Gasteiger charge is -2.21. The lowest BCUT2D eigenvalue weighted by molar-refractivity contribution is 0.305. The van der Waals surface area contributed by atoms with E-state index >= 15 is 0 Å². The Bertz CT molecular complexity index is 1690. The normalized spacial score (nSPS) is 14.9. The highest BCUT2D eigenvalue weighted by atomic mass is 15.2. The molecule has 6 nitrogen and oxygen atoms in total. The van der Waals surface area contributed by atoms with Crippen LogP contribution in [0.2, 0.25) is 0 Å². The van der Waals surface area contributed by atoms with Crippen molar-refractivity contribution in [2.24, 2.45) is 7.05 Å². The number of nitrogens with one attached hydrogen (secondary N) is 2. The fourth-order valence-corrected chi connectivity index (χ4v) is 6.23. The molecule has 0 atom stereocenters. The monoisotopic (exact) mass is 558 g/mol. The van der Waals surface area contributed by atoms with Crippen LogP contribution >= 0.6 is 0 Å². The highest BCUT2D eigenvalue weighted by Crippen LogP contribution is 2.42. The predicted molar refractivity (Wildman–Crippen MR) is 176 cm³/mol. The molecule has 1 aliphatic heterocycles. The second-order valence-corrected chi connectivity index (χ2v) is 11.9. The molecule has 0 spiro atoms. The van der Waals surface area contributed by atoms with E-state index in [2.05, 4.69) is 111 Å². The molecule has 0 radical (unpaired) electrons. The average Bonchev–Trinajstić information content (AvgIpc) is 3.78. The van der Waals surface area contributed by atoms with Gasteiger partial charge in [-0.25, -0.2) is 4.98 Å². The second-order valence-electron chi connectivity index (χ2n) is 11.9. The van der Waals surface area contributed by atoms with Gasteiger partial charge in [0.1, 0.15) is 0 Å². The van der Waals surface area contributed by atoms with Crippen molar-refractivity contribution >= 4 is 22.8 Å². The van der Waals surface area contributed by atoms with Crippen LogP contribution in [-0.2, 0) is 26.4 Å². The summed E-state index contributed by atoms with van der Waals surface area (Å²) in [5.41, 5.74) is 14.6. The van der Waals surface area contributed by atoms with E-state index in [1.807, 2.05) is 6.20 Å². The summed E-state index contributed by atoms with van der Waals surface area (Å²) in [4.78, 5) is 12.0. The molecule has 0 bridgehead atoms. The summed E-state index contributed by atoms with van der Waals surface area (Å²) >= 11 is 0. The molecular formula is C36H42N6. The highest BCUT2D eigenvalue weighted by Gasteiger charge is 2.26. The molecule has 0 unspecified atom stereocenters. The standard InChI is InChI=1S/C36H42N6/c1-8-26-20-37-33(19-30(26)27-15-16-27)24(4)38-31-13-9-11-28(22(31)2)29-12-10-14-32(23(29)3)39-25(5)36-40-34-21-41(6)18-17-35(34)42(36)7/h9-14,19-20,27,38-39H,4-5,8,15-18,21H2,1-3,6-7H3. The largest absolute Gasteiger partial charge is 0.354 e. The molecular weight excluding hydrogens is 516 g/mol. The fourth-order valence-electron chi connectivity index (χ4n) is 6.23. The average molecular weight is 559 g/mol. The number of anilines is 2. The van der Waals surface area contributed by atoms with Crippen LogP contribution in [0.4, 0.5) is 11.4 Å². The third-order valence-electron chi connectivity index (χ3n) is 8.98. The molecule has 2 aliphatic rings. The smallest absolute Gasteiger partial charge is 0.156 e. The third-order valence-corrected chi connectivity index (χ3v) is 8.98. The van der Waals surface area contributed by atoms with Gasteiger partial charge in [0, 0.05) is 49.8 Å². The van der Waals surface area contributed by atoms with Gasteiger partial charge < -0.3 is 20.1 Å². The van der Waals surface area contributed by atoms with Gasteiger partial charge in [0.25, 0.3) is 0 Å². The minimum absolute atomic E-state index is 0.684. The number of hydrogen-bond donors (Lipinski definition) is 2. The van der Waals surface area contributed by atoms with Crippen LogP contribution in [0.5, 0.6) is 0 Å². The molecule has 1 aliphatic carbocycles. The quantitative estimate of drug-likeness (QED) is 0.221. The van der Waals surface area contributed by atoms with Gasteiger partial charge in [0.15, 0.2) is 5.82 Å². The van der Waals surface area contributed by atoms with Crippen molar-refractivity contribution in [2.45, 2.75) is 58.9 Å². The van der Waals surface area contributed by atoms with Gasteiger partial charge in [-0.05, 0) is 97.7 Å². The molecule has 1 fully saturated rings. The van der Waals surface area contributed by atoms with E-state index in [0.717, 1.165) is 65.9 Å². The van der Waals surface area contributed by atoms with Crippen LogP contribution in [-0.4, -0.2) is 33.0 Å². The molecule has 216 valence electrons. The van der Waals surface area contributed by atoms with Crippen molar-refractivity contribution in [3.8, 4) is 11.1 Å². The third kappa shape index (κ3) is 5.27. The topological polar surface area (TPSA) is 58.0 Å². The predicted octanol–water partition coefficient (Wildman–Crippen LogP) is 7.69. The SMILES string of the molecule is C=C(Nc1cccc(-c2cccc(NC(=C)c3nc4c(n3C)CCN(C)C4)c2C)c1C)c1cc(C2CC2)c(CC)cn1. The van der Waals surface area contributed by atoms with E-state index in [1.54, 1.807) is 0 Å². The summed E-state index contributed by atoms with van der Waals surface area (Å²) in [6, 6.07) is 15.1. The number of aryl methyl sites for hydroxylation is 1. The second kappa shape index (κ2) is 11.3. The summed E-state index contributed by atoms with van der Waals surface area (Å²) < 4.78 is 2.20. The van der Waals surface area contributed by atoms with Gasteiger partial charge >= 0.3 is 0 Å². The van der Waals surface area contributed by atoms with Crippen molar-refractivity contribution in [3.05, 3.63) is 107 Å². The van der Waals surface area contributed by atoms with Crippen molar-refractivity contribution in [2.75, 3.05) is 24.2 Å². The minimum Gasteiger partial charge on any atom is -0.354 e. The number of imidazole rings is 1. The maximum absolute atomic E-state index is 4.95. The molecule has 2 aromatic heterocycles. The zero-order valence-corrected chi connectivity index (χ0v) is 25.6. The minimum atomic E-state index is 0.684. The first-order chi connectivity index (χ1) is 20.2. The Kier molecular flexibility index (Phi) is 7.50. The van der Waals surface area contributed by atoms with Gasteiger partial charge in [-0.3, -0.25) is 4.98 Å². The van der Waals surface area contributed by atoms with E-state index in [0.29, 0.717) is 5.92 Å². The van der Waals surface area contributed by atoms with E-state index < -0.39 is 0 Å². The zero-order valence-electron chi connectivity index (χ0n) is 25.6. The number of nitrogens with zero attached hydrogens (tertiary/aromatic N) is 4. The van der Waals surface area contributed by atoms with Crippen molar-refractivity contribution in [1.29, 1.82) is 0 Å². The zero-order chi connectivity index (χ0) is 29.5. The van der Waals surface area contributed by atoms with Crippen LogP contribution in [0.15, 0.2) is 61.8 Å². The van der Waals surface area contributed by atoms with Gasteiger partial charge in [0.2, 0.25) is 0 Å². The number of pyridine rings is 1. The first kappa shape index (κ1) is 28.0. The van der Waals surface area contributed by atoms with Crippen LogP contribution in [0.25, 0.3) is 22.5 Å². The molecule has 6 heteroatoms. The summed E-state index contributed by atoms with van der Waals surface area (Å²) in [7, 11) is 4.24. The van der Waals surface area contributed by atoms with Crippen LogP contribution < -0.4 is 10.6 Å². The highest BCUT2D eigenvalue weighted by molar-refractivity contribution is 5.85. The molecule has 1 saturated carbocycles. The van der Waals surface area contributed by atoms with Gasteiger partial charge in [0.05, 0.1) is 22.8 Å². The summed E-state index contributed by atoms with van der Waals surface area (Å²) in [6.45, 7) is 17.2. The fraction of sp³-hybridized carbons (Fsp3) is 0.333. The van der Waals surface area contributed by atoms with Crippen LogP contribution in [0, 0.1) is 13.8 Å². The molecule has 2 aromatic carbocycles. The van der Waals surface area contributed by atoms with Gasteiger partial charge in [-0.1, -0.05) is 44.3 Å². The van der Waals surface area contributed by atoms with Crippen LogP contribution in [0.1, 0.15) is 70.8 Å². The summed E-state index contributed by atoms with van der Waals surface area (Å²) in [5.74, 6) is 1.58. The number of rotatable bonds is 9. The van der Waals surface area contributed by atoms with Gasteiger partial charge in [-0.15, -0.1) is 0 Å². The molecule has 6 rings (SSSR count). The molecule has 4 aromatic rings. The maximum atomic E-state index is 4.95. The lowest BCUT2D eigenvalue weighted by Crippen LogP contribution is -2.27. The number of fused-ring (bicyclic) bond motifs is 1. The summed E-state index contributed by atoms with van der Waals surface area (Å²) in [5, 5.41) is 7.17. The van der Waals surface area contributed by atoms with Crippen molar-refractivity contribution in [1.82, 2.24) is 19.4 Å². The molecule has 0 amide bonds. The first-order valence-corrected chi connectivity index (χ1v) is 15.1. The molecule has 0 saturated heterocycles. The van der Waals surface area contributed by atoms with Crippen LogP contribution in [0.3, 0.4) is 0 Å². The Morgan fingerprint density at radius 3 is 2.21 bits per heavy atom. The van der Waals surface area contributed by atoms with E-state index in [9.17, 15) is 0 Å². The Morgan fingerprint density at radius 2 is 1.60 bits per heavy atom. The van der Waals surface area contributed by atoms with E-state index in [-0.39, 0.29) is 0 Å². The Morgan fingerprint density at radius 1 is 0.952 bits per heavy atom. The molecule has 2 N–H and O–H groups in total. The van der Waals surface area contributed by atoms with Crippen molar-refractivity contribution < 1.29 is 0 Å². The summed E-state index contributed by atoms with van der Waals surface area (Å²) in [6.07, 6.45) is 6.61. The van der Waals surface area contributed by atoms with E-state index in [4.69, 9.17) is 9.97 Å². The molecule has 42 heavy (non-hydrogen) atoms. The Labute approximate surface area is 250 Å². The number of likely N-dealkylation sites (N-methyl/N-ethyl adjacent to an activating group) is 1. The van der Waals surface area contributed by atoms with Crippen molar-refractivity contribution in [3.63, 3.8) is 0 Å². The number of aromatic nitrogens is 3. The number of benzene rings is 2. The van der Waals surface area contributed by atoms with E-state index in [1.165, 1.54) is 51.9 Å².